The Labute approximate surface area is 111 Å². The molecule has 3 nitrogen and oxygen atoms in total. The van der Waals surface area contributed by atoms with Crippen molar-refractivity contribution < 1.29 is 0 Å². The summed E-state index contributed by atoms with van der Waals surface area (Å²) in [5, 5.41) is 3.61. The number of aryl methyl sites for hydroxylation is 1. The SMILES string of the molecule is Cc1cccc(CN(C)CCNC(C)C2CC2)n1. The van der Waals surface area contributed by atoms with Gasteiger partial charge in [-0.3, -0.25) is 9.88 Å². The molecular formula is C15H25N3. The molecule has 0 aromatic carbocycles. The maximum absolute atomic E-state index is 4.53. The first-order valence-electron chi connectivity index (χ1n) is 6.99. The first-order valence-corrected chi connectivity index (χ1v) is 6.99. The monoisotopic (exact) mass is 247 g/mol. The van der Waals surface area contributed by atoms with E-state index in [1.54, 1.807) is 0 Å². The molecule has 2 rings (SSSR count). The van der Waals surface area contributed by atoms with E-state index in [2.05, 4.69) is 41.3 Å². The van der Waals surface area contributed by atoms with Gasteiger partial charge in [-0.05, 0) is 51.8 Å². The molecule has 0 saturated heterocycles. The average Bonchev–Trinajstić information content (AvgIpc) is 3.12. The number of pyridine rings is 1. The molecule has 0 radical (unpaired) electrons. The predicted molar refractivity (Wildman–Crippen MR) is 75.5 cm³/mol. The highest BCUT2D eigenvalue weighted by molar-refractivity contribution is 5.09. The van der Waals surface area contributed by atoms with Gasteiger partial charge in [0, 0.05) is 31.4 Å². The van der Waals surface area contributed by atoms with E-state index in [1.165, 1.54) is 12.8 Å². The number of likely N-dealkylation sites (N-methyl/N-ethyl adjacent to an activating group) is 1. The molecule has 1 N–H and O–H groups in total. The third-order valence-electron chi connectivity index (χ3n) is 3.67. The Balaban J connectivity index is 1.66. The van der Waals surface area contributed by atoms with Crippen molar-refractivity contribution in [2.45, 2.75) is 39.3 Å². The van der Waals surface area contributed by atoms with Crippen molar-refractivity contribution in [1.29, 1.82) is 0 Å². The summed E-state index contributed by atoms with van der Waals surface area (Å²) in [7, 11) is 2.16. The summed E-state index contributed by atoms with van der Waals surface area (Å²) in [6, 6.07) is 6.92. The van der Waals surface area contributed by atoms with E-state index in [0.717, 1.165) is 36.9 Å². The molecule has 1 heterocycles. The molecule has 0 spiro atoms. The third kappa shape index (κ3) is 4.39. The van der Waals surface area contributed by atoms with Gasteiger partial charge in [0.15, 0.2) is 0 Å². The Kier molecular flexibility index (Phi) is 4.72. The molecule has 1 atom stereocenters. The lowest BCUT2D eigenvalue weighted by atomic mass is 10.2. The van der Waals surface area contributed by atoms with Gasteiger partial charge in [0.1, 0.15) is 0 Å². The second kappa shape index (κ2) is 6.30. The van der Waals surface area contributed by atoms with Crippen LogP contribution in [0, 0.1) is 12.8 Å². The molecule has 1 aromatic rings. The topological polar surface area (TPSA) is 28.2 Å². The molecule has 0 bridgehead atoms. The highest BCUT2D eigenvalue weighted by Crippen LogP contribution is 2.32. The lowest BCUT2D eigenvalue weighted by Crippen LogP contribution is -2.35. The van der Waals surface area contributed by atoms with Gasteiger partial charge in [-0.25, -0.2) is 0 Å². The van der Waals surface area contributed by atoms with Gasteiger partial charge >= 0.3 is 0 Å². The molecule has 1 unspecified atom stereocenters. The van der Waals surface area contributed by atoms with Crippen LogP contribution in [0.3, 0.4) is 0 Å². The van der Waals surface area contributed by atoms with Crippen LogP contribution in [0.25, 0.3) is 0 Å². The largest absolute Gasteiger partial charge is 0.313 e. The number of nitrogens with one attached hydrogen (secondary N) is 1. The lowest BCUT2D eigenvalue weighted by Gasteiger charge is -2.19. The van der Waals surface area contributed by atoms with E-state index in [-0.39, 0.29) is 0 Å². The van der Waals surface area contributed by atoms with Crippen molar-refractivity contribution in [1.82, 2.24) is 15.2 Å². The first kappa shape index (κ1) is 13.5. The molecular weight excluding hydrogens is 222 g/mol. The number of nitrogens with zero attached hydrogens (tertiary/aromatic N) is 2. The average molecular weight is 247 g/mol. The smallest absolute Gasteiger partial charge is 0.0547 e. The minimum atomic E-state index is 0.690. The summed E-state index contributed by atoms with van der Waals surface area (Å²) in [6.45, 7) is 7.43. The van der Waals surface area contributed by atoms with E-state index in [0.29, 0.717) is 6.04 Å². The third-order valence-corrected chi connectivity index (χ3v) is 3.67. The standard InChI is InChI=1S/C15H25N3/c1-12-5-4-6-15(17-12)11-18(3)10-9-16-13(2)14-7-8-14/h4-6,13-14,16H,7-11H2,1-3H3. The highest BCUT2D eigenvalue weighted by atomic mass is 15.1. The molecule has 0 aliphatic heterocycles. The van der Waals surface area contributed by atoms with Crippen LogP contribution in [-0.2, 0) is 6.54 Å². The molecule has 18 heavy (non-hydrogen) atoms. The Hall–Kier alpha value is -0.930. The maximum atomic E-state index is 4.53. The molecule has 0 amide bonds. The fourth-order valence-electron chi connectivity index (χ4n) is 2.29. The number of hydrogen-bond donors (Lipinski definition) is 1. The van der Waals surface area contributed by atoms with Gasteiger partial charge in [-0.2, -0.15) is 0 Å². The van der Waals surface area contributed by atoms with Crippen molar-refractivity contribution in [3.05, 3.63) is 29.6 Å². The van der Waals surface area contributed by atoms with E-state index in [1.807, 2.05) is 13.0 Å². The van der Waals surface area contributed by atoms with Gasteiger partial charge < -0.3 is 5.32 Å². The highest BCUT2D eigenvalue weighted by Gasteiger charge is 2.27. The maximum Gasteiger partial charge on any atom is 0.0547 e. The van der Waals surface area contributed by atoms with Crippen molar-refractivity contribution in [2.24, 2.45) is 5.92 Å². The fraction of sp³-hybridized carbons (Fsp3) is 0.667. The summed E-state index contributed by atoms with van der Waals surface area (Å²) in [6.07, 6.45) is 2.83. The second-order valence-corrected chi connectivity index (χ2v) is 5.59. The lowest BCUT2D eigenvalue weighted by molar-refractivity contribution is 0.311. The Morgan fingerprint density at radius 3 is 2.89 bits per heavy atom. The van der Waals surface area contributed by atoms with Gasteiger partial charge in [0.2, 0.25) is 0 Å². The van der Waals surface area contributed by atoms with Crippen molar-refractivity contribution in [3.63, 3.8) is 0 Å². The van der Waals surface area contributed by atoms with Crippen molar-refractivity contribution in [3.8, 4) is 0 Å². The Morgan fingerprint density at radius 2 is 2.22 bits per heavy atom. The summed E-state index contributed by atoms with van der Waals surface area (Å²) in [4.78, 5) is 6.86. The number of rotatable bonds is 7. The van der Waals surface area contributed by atoms with Crippen molar-refractivity contribution >= 4 is 0 Å². The molecule has 100 valence electrons. The molecule has 3 heteroatoms. The Bertz CT molecular complexity index is 374. The first-order chi connectivity index (χ1) is 8.65. The van der Waals surface area contributed by atoms with Crippen LogP contribution in [0.4, 0.5) is 0 Å². The van der Waals surface area contributed by atoms with Crippen LogP contribution in [0.2, 0.25) is 0 Å². The van der Waals surface area contributed by atoms with Crippen LogP contribution >= 0.6 is 0 Å². The van der Waals surface area contributed by atoms with Crippen LogP contribution in [-0.4, -0.2) is 36.1 Å². The molecule has 1 aliphatic rings. The molecule has 1 aliphatic carbocycles. The number of aromatic nitrogens is 1. The zero-order chi connectivity index (χ0) is 13.0. The summed E-state index contributed by atoms with van der Waals surface area (Å²) in [5.41, 5.74) is 2.26. The van der Waals surface area contributed by atoms with E-state index in [4.69, 9.17) is 0 Å². The van der Waals surface area contributed by atoms with Crippen LogP contribution in [0.15, 0.2) is 18.2 Å². The van der Waals surface area contributed by atoms with Gasteiger partial charge in [0.25, 0.3) is 0 Å². The number of hydrogen-bond acceptors (Lipinski definition) is 3. The van der Waals surface area contributed by atoms with Gasteiger partial charge in [-0.15, -0.1) is 0 Å². The Morgan fingerprint density at radius 1 is 1.44 bits per heavy atom. The summed E-state index contributed by atoms with van der Waals surface area (Å²) < 4.78 is 0. The molecule has 1 saturated carbocycles. The summed E-state index contributed by atoms with van der Waals surface area (Å²) >= 11 is 0. The van der Waals surface area contributed by atoms with E-state index < -0.39 is 0 Å². The van der Waals surface area contributed by atoms with E-state index in [9.17, 15) is 0 Å². The second-order valence-electron chi connectivity index (χ2n) is 5.59. The normalized spacial score (nSPS) is 17.1. The van der Waals surface area contributed by atoms with Gasteiger partial charge in [-0.1, -0.05) is 6.07 Å². The molecule has 1 fully saturated rings. The zero-order valence-corrected chi connectivity index (χ0v) is 11.8. The molecule has 1 aromatic heterocycles. The van der Waals surface area contributed by atoms with E-state index >= 15 is 0 Å². The van der Waals surface area contributed by atoms with Crippen molar-refractivity contribution in [2.75, 3.05) is 20.1 Å². The minimum Gasteiger partial charge on any atom is -0.313 e. The van der Waals surface area contributed by atoms with Crippen LogP contribution in [0.1, 0.15) is 31.2 Å². The minimum absolute atomic E-state index is 0.690. The van der Waals surface area contributed by atoms with Gasteiger partial charge in [0.05, 0.1) is 5.69 Å². The quantitative estimate of drug-likeness (QED) is 0.800. The van der Waals surface area contributed by atoms with Crippen LogP contribution in [0.5, 0.6) is 0 Å². The fourth-order valence-corrected chi connectivity index (χ4v) is 2.29. The van der Waals surface area contributed by atoms with Crippen LogP contribution < -0.4 is 5.32 Å². The zero-order valence-electron chi connectivity index (χ0n) is 11.8. The predicted octanol–water partition coefficient (Wildman–Crippen LogP) is 2.21. The summed E-state index contributed by atoms with van der Waals surface area (Å²) in [5.74, 6) is 0.939.